The summed E-state index contributed by atoms with van der Waals surface area (Å²) < 4.78 is 6.09. The predicted molar refractivity (Wildman–Crippen MR) is 128 cm³/mol. The van der Waals surface area contributed by atoms with Gasteiger partial charge in [-0.15, -0.1) is 0 Å². The highest BCUT2D eigenvalue weighted by molar-refractivity contribution is 5.96. The molecular weight excluding hydrogens is 414 g/mol. The van der Waals surface area contributed by atoms with Crippen LogP contribution in [0.3, 0.4) is 0 Å². The first-order valence-electron chi connectivity index (χ1n) is 11.7. The maximum Gasteiger partial charge on any atom is 0.233 e. The topological polar surface area (TPSA) is 91.8 Å². The molecule has 4 aromatic rings. The fourth-order valence-corrected chi connectivity index (χ4v) is 4.71. The van der Waals surface area contributed by atoms with Gasteiger partial charge in [-0.1, -0.05) is 6.07 Å². The van der Waals surface area contributed by atoms with Gasteiger partial charge in [-0.05, 0) is 44.4 Å². The summed E-state index contributed by atoms with van der Waals surface area (Å²) in [6, 6.07) is 6.32. The summed E-state index contributed by atoms with van der Waals surface area (Å²) in [5.41, 5.74) is 4.74. The smallest absolute Gasteiger partial charge is 0.233 e. The Hall–Kier alpha value is -3.52. The molecule has 5 heterocycles. The lowest BCUT2D eigenvalue weighted by atomic mass is 10.1. The first kappa shape index (κ1) is 20.1. The van der Waals surface area contributed by atoms with Crippen molar-refractivity contribution in [2.24, 2.45) is 0 Å². The molecule has 2 aliphatic heterocycles. The van der Waals surface area contributed by atoms with Crippen molar-refractivity contribution < 1.29 is 4.74 Å². The van der Waals surface area contributed by atoms with Crippen LogP contribution < -0.4 is 15.0 Å². The fraction of sp³-hybridized carbons (Fsp3) is 0.360. The third-order valence-corrected chi connectivity index (χ3v) is 6.46. The van der Waals surface area contributed by atoms with E-state index in [-0.39, 0.29) is 6.10 Å². The third-order valence-electron chi connectivity index (χ3n) is 6.46. The molecule has 2 saturated heterocycles. The molecule has 1 atom stereocenters. The van der Waals surface area contributed by atoms with Crippen LogP contribution in [-0.2, 0) is 0 Å². The molecule has 2 aliphatic rings. The second kappa shape index (κ2) is 8.78. The van der Waals surface area contributed by atoms with Gasteiger partial charge < -0.3 is 19.9 Å². The minimum absolute atomic E-state index is 0.138. The number of aromatic amines is 1. The normalized spacial score (nSPS) is 18.7. The number of piperidine rings is 1. The van der Waals surface area contributed by atoms with Crippen molar-refractivity contribution in [3.63, 3.8) is 0 Å². The highest BCUT2D eigenvalue weighted by Crippen LogP contribution is 2.32. The standard InChI is InChI=1S/C25H27N7O/c1-2-9-32(8-1)24-15-27-13-22(30-24)17-5-6-21-19(10-17)20(12-29-21)23-14-28-16-25(31-23)33-18-4-3-7-26-11-18/h5-6,10,12-16,18,26,29H,1-4,7-9,11H2. The zero-order valence-electron chi connectivity index (χ0n) is 18.5. The highest BCUT2D eigenvalue weighted by atomic mass is 16.5. The van der Waals surface area contributed by atoms with Crippen LogP contribution in [0.1, 0.15) is 25.7 Å². The molecule has 2 N–H and O–H groups in total. The highest BCUT2D eigenvalue weighted by Gasteiger charge is 2.17. The summed E-state index contributed by atoms with van der Waals surface area (Å²) in [5.74, 6) is 1.52. The van der Waals surface area contributed by atoms with Crippen LogP contribution in [0.5, 0.6) is 5.88 Å². The lowest BCUT2D eigenvalue weighted by molar-refractivity contribution is 0.160. The van der Waals surface area contributed by atoms with Gasteiger partial charge in [0, 0.05) is 47.9 Å². The SMILES string of the molecule is c1cc2[nH]cc(-c3cncc(OC4CCCNC4)n3)c2cc1-c1cncc(N2CCCC2)n1. The number of rotatable bonds is 5. The largest absolute Gasteiger partial charge is 0.472 e. The van der Waals surface area contributed by atoms with E-state index in [1.54, 1.807) is 12.4 Å². The number of benzene rings is 1. The quantitative estimate of drug-likeness (QED) is 0.486. The van der Waals surface area contributed by atoms with Crippen LogP contribution in [0.25, 0.3) is 33.4 Å². The molecule has 0 spiro atoms. The lowest BCUT2D eigenvalue weighted by Crippen LogP contribution is -2.37. The van der Waals surface area contributed by atoms with Gasteiger partial charge in [-0.3, -0.25) is 9.97 Å². The molecule has 1 unspecified atom stereocenters. The van der Waals surface area contributed by atoms with Gasteiger partial charge in [-0.25, -0.2) is 9.97 Å². The summed E-state index contributed by atoms with van der Waals surface area (Å²) in [6.45, 7) is 3.99. The van der Waals surface area contributed by atoms with Gasteiger partial charge in [-0.2, -0.15) is 0 Å². The third kappa shape index (κ3) is 4.14. The molecule has 168 valence electrons. The number of fused-ring (bicyclic) bond motifs is 1. The van der Waals surface area contributed by atoms with Gasteiger partial charge in [0.05, 0.1) is 36.2 Å². The summed E-state index contributed by atoms with van der Waals surface area (Å²) in [7, 11) is 0. The van der Waals surface area contributed by atoms with Gasteiger partial charge in [0.2, 0.25) is 5.88 Å². The van der Waals surface area contributed by atoms with E-state index in [0.717, 1.165) is 78.3 Å². The minimum atomic E-state index is 0.138. The van der Waals surface area contributed by atoms with Gasteiger partial charge in [0.15, 0.2) is 0 Å². The maximum absolute atomic E-state index is 6.09. The average molecular weight is 442 g/mol. The predicted octanol–water partition coefficient (Wildman–Crippen LogP) is 3.81. The molecule has 0 saturated carbocycles. The van der Waals surface area contributed by atoms with E-state index >= 15 is 0 Å². The molecule has 0 aliphatic carbocycles. The Balaban J connectivity index is 1.32. The lowest BCUT2D eigenvalue weighted by Gasteiger charge is -2.23. The second-order valence-electron chi connectivity index (χ2n) is 8.75. The van der Waals surface area contributed by atoms with Crippen LogP contribution >= 0.6 is 0 Å². The average Bonchev–Trinajstić information content (AvgIpc) is 3.55. The molecule has 0 amide bonds. The van der Waals surface area contributed by atoms with Crippen LogP contribution in [0.2, 0.25) is 0 Å². The molecule has 0 bridgehead atoms. The molecule has 8 nitrogen and oxygen atoms in total. The summed E-state index contributed by atoms with van der Waals surface area (Å²) in [5, 5.41) is 4.45. The molecule has 6 rings (SSSR count). The molecule has 0 radical (unpaired) electrons. The zero-order chi connectivity index (χ0) is 22.0. The molecular formula is C25H27N7O. The molecule has 3 aromatic heterocycles. The summed E-state index contributed by atoms with van der Waals surface area (Å²) in [6.07, 6.45) is 13.9. The Morgan fingerprint density at radius 2 is 1.82 bits per heavy atom. The number of aromatic nitrogens is 5. The van der Waals surface area contributed by atoms with Crippen molar-refractivity contribution in [1.29, 1.82) is 0 Å². The van der Waals surface area contributed by atoms with E-state index in [0.29, 0.717) is 5.88 Å². The number of H-pyrrole nitrogens is 1. The Morgan fingerprint density at radius 3 is 2.70 bits per heavy atom. The Labute approximate surface area is 192 Å². The number of anilines is 1. The Morgan fingerprint density at radius 1 is 0.939 bits per heavy atom. The Kier molecular flexibility index (Phi) is 5.35. The van der Waals surface area contributed by atoms with E-state index < -0.39 is 0 Å². The minimum Gasteiger partial charge on any atom is -0.472 e. The van der Waals surface area contributed by atoms with Gasteiger partial charge in [0.1, 0.15) is 11.9 Å². The number of nitrogens with zero attached hydrogens (tertiary/aromatic N) is 5. The van der Waals surface area contributed by atoms with Crippen molar-refractivity contribution in [3.05, 3.63) is 49.2 Å². The van der Waals surface area contributed by atoms with Crippen molar-refractivity contribution in [2.45, 2.75) is 31.8 Å². The van der Waals surface area contributed by atoms with E-state index in [1.807, 2.05) is 18.6 Å². The van der Waals surface area contributed by atoms with Gasteiger partial charge >= 0.3 is 0 Å². The number of nitrogens with one attached hydrogen (secondary N) is 2. The monoisotopic (exact) mass is 441 g/mol. The van der Waals surface area contributed by atoms with Crippen molar-refractivity contribution in [1.82, 2.24) is 30.2 Å². The maximum atomic E-state index is 6.09. The van der Waals surface area contributed by atoms with E-state index in [2.05, 4.69) is 43.4 Å². The van der Waals surface area contributed by atoms with E-state index in [4.69, 9.17) is 14.7 Å². The van der Waals surface area contributed by atoms with Crippen LogP contribution in [0.4, 0.5) is 5.82 Å². The van der Waals surface area contributed by atoms with Crippen molar-refractivity contribution in [3.8, 4) is 28.4 Å². The first-order chi connectivity index (χ1) is 16.3. The first-order valence-corrected chi connectivity index (χ1v) is 11.7. The van der Waals surface area contributed by atoms with E-state index in [1.165, 1.54) is 12.8 Å². The second-order valence-corrected chi connectivity index (χ2v) is 8.75. The Bertz CT molecular complexity index is 1260. The van der Waals surface area contributed by atoms with Crippen molar-refractivity contribution in [2.75, 3.05) is 31.1 Å². The van der Waals surface area contributed by atoms with Crippen LogP contribution in [-0.4, -0.2) is 57.2 Å². The summed E-state index contributed by atoms with van der Waals surface area (Å²) >= 11 is 0. The van der Waals surface area contributed by atoms with Crippen LogP contribution in [0.15, 0.2) is 49.2 Å². The number of hydrogen-bond donors (Lipinski definition) is 2. The molecule has 33 heavy (non-hydrogen) atoms. The molecule has 2 fully saturated rings. The fourth-order valence-electron chi connectivity index (χ4n) is 4.71. The zero-order valence-corrected chi connectivity index (χ0v) is 18.5. The summed E-state index contributed by atoms with van der Waals surface area (Å²) in [4.78, 5) is 24.2. The van der Waals surface area contributed by atoms with Crippen molar-refractivity contribution >= 4 is 16.7 Å². The van der Waals surface area contributed by atoms with Gasteiger partial charge in [0.25, 0.3) is 0 Å². The molecule has 1 aromatic carbocycles. The molecule has 8 heteroatoms. The number of hydrogen-bond acceptors (Lipinski definition) is 7. The number of ether oxygens (including phenoxy) is 1. The van der Waals surface area contributed by atoms with Crippen LogP contribution in [0, 0.1) is 0 Å². The van der Waals surface area contributed by atoms with E-state index in [9.17, 15) is 0 Å².